The summed E-state index contributed by atoms with van der Waals surface area (Å²) in [7, 11) is 0. The molecule has 1 N–H and O–H groups in total. The van der Waals surface area contributed by atoms with E-state index in [1.54, 1.807) is 11.8 Å². The van der Waals surface area contributed by atoms with Gasteiger partial charge in [0.25, 0.3) is 0 Å². The minimum absolute atomic E-state index is 0.0170. The summed E-state index contributed by atoms with van der Waals surface area (Å²) in [6.07, 6.45) is 1.46. The molecule has 0 aliphatic carbocycles. The summed E-state index contributed by atoms with van der Waals surface area (Å²) < 4.78 is 0. The predicted octanol–water partition coefficient (Wildman–Crippen LogP) is 5.40. The van der Waals surface area contributed by atoms with Crippen molar-refractivity contribution in [1.29, 1.82) is 0 Å². The van der Waals surface area contributed by atoms with Crippen molar-refractivity contribution in [3.8, 4) is 0 Å². The molecule has 2 aromatic carbocycles. The molecule has 1 fully saturated rings. The molecule has 2 aromatic rings. The van der Waals surface area contributed by atoms with E-state index in [9.17, 15) is 9.59 Å². The molecule has 28 heavy (non-hydrogen) atoms. The number of anilines is 2. The molecule has 2 amide bonds. The number of carbonyl (C=O) groups is 2. The molecule has 1 aliphatic heterocycles. The van der Waals surface area contributed by atoms with Gasteiger partial charge in [0.2, 0.25) is 11.8 Å². The van der Waals surface area contributed by atoms with Crippen LogP contribution in [0, 0.1) is 5.41 Å². The Hall–Kier alpha value is -2.27. The van der Waals surface area contributed by atoms with E-state index in [0.717, 1.165) is 23.4 Å². The van der Waals surface area contributed by atoms with Gasteiger partial charge in [-0.15, -0.1) is 11.8 Å². The Morgan fingerprint density at radius 2 is 1.75 bits per heavy atom. The maximum Gasteiger partial charge on any atom is 0.238 e. The van der Waals surface area contributed by atoms with Crippen LogP contribution in [0.4, 0.5) is 11.4 Å². The molecule has 1 saturated heterocycles. The Labute approximate surface area is 171 Å². The van der Waals surface area contributed by atoms with Gasteiger partial charge in [-0.2, -0.15) is 0 Å². The number of rotatable bonds is 5. The van der Waals surface area contributed by atoms with Gasteiger partial charge < -0.3 is 5.32 Å². The van der Waals surface area contributed by atoms with E-state index in [4.69, 9.17) is 0 Å². The summed E-state index contributed by atoms with van der Waals surface area (Å²) in [4.78, 5) is 26.5. The highest BCUT2D eigenvalue weighted by atomic mass is 32.2. The molecule has 3 rings (SSSR count). The minimum Gasteiger partial charge on any atom is -0.326 e. The van der Waals surface area contributed by atoms with Crippen molar-refractivity contribution >= 4 is 35.0 Å². The Balaban J connectivity index is 1.74. The van der Waals surface area contributed by atoms with Crippen LogP contribution < -0.4 is 10.2 Å². The first-order chi connectivity index (χ1) is 13.3. The molecule has 0 spiro atoms. The third kappa shape index (κ3) is 4.96. The van der Waals surface area contributed by atoms with E-state index in [-0.39, 0.29) is 22.6 Å². The molecule has 0 bridgehead atoms. The normalized spacial score (nSPS) is 17.1. The Morgan fingerprint density at radius 3 is 2.32 bits per heavy atom. The zero-order chi connectivity index (χ0) is 20.3. The van der Waals surface area contributed by atoms with Crippen LogP contribution in [0.25, 0.3) is 0 Å². The van der Waals surface area contributed by atoms with Crippen molar-refractivity contribution in [2.45, 2.75) is 45.9 Å². The van der Waals surface area contributed by atoms with Gasteiger partial charge in [-0.25, -0.2) is 0 Å². The molecule has 1 aliphatic rings. The van der Waals surface area contributed by atoms with Crippen LogP contribution in [0.15, 0.2) is 48.5 Å². The molecule has 4 nitrogen and oxygen atoms in total. The van der Waals surface area contributed by atoms with Crippen LogP contribution in [0.1, 0.15) is 50.6 Å². The first-order valence-corrected chi connectivity index (χ1v) is 10.7. The van der Waals surface area contributed by atoms with E-state index >= 15 is 0 Å². The lowest BCUT2D eigenvalue weighted by Gasteiger charge is -2.25. The van der Waals surface area contributed by atoms with Gasteiger partial charge in [0.1, 0.15) is 5.37 Å². The molecule has 5 heteroatoms. The lowest BCUT2D eigenvalue weighted by atomic mass is 9.92. The number of nitrogens with one attached hydrogen (secondary N) is 1. The van der Waals surface area contributed by atoms with Crippen LogP contribution in [-0.2, 0) is 16.0 Å². The number of thioether (sulfide) groups is 1. The third-order valence-corrected chi connectivity index (χ3v) is 5.87. The average molecular weight is 397 g/mol. The Bertz CT molecular complexity index is 838. The lowest BCUT2D eigenvalue weighted by molar-refractivity contribution is -0.118. The molecular formula is C23H28N2O2S. The summed E-state index contributed by atoms with van der Waals surface area (Å²) in [5.74, 6) is 0.620. The monoisotopic (exact) mass is 396 g/mol. The second-order valence-corrected chi connectivity index (χ2v) is 9.42. The third-order valence-electron chi connectivity index (χ3n) is 4.66. The van der Waals surface area contributed by atoms with Crippen LogP contribution in [0.3, 0.4) is 0 Å². The Kier molecular flexibility index (Phi) is 6.14. The molecule has 0 radical (unpaired) electrons. The van der Waals surface area contributed by atoms with Gasteiger partial charge in [0, 0.05) is 17.8 Å². The number of nitrogens with zero attached hydrogens (tertiary/aromatic N) is 1. The van der Waals surface area contributed by atoms with Crippen LogP contribution in [-0.4, -0.2) is 17.6 Å². The van der Waals surface area contributed by atoms with Gasteiger partial charge in [-0.05, 0) is 47.2 Å². The van der Waals surface area contributed by atoms with Crippen molar-refractivity contribution in [2.24, 2.45) is 5.41 Å². The highest BCUT2D eigenvalue weighted by Gasteiger charge is 2.34. The van der Waals surface area contributed by atoms with Crippen LogP contribution in [0.5, 0.6) is 0 Å². The van der Waals surface area contributed by atoms with E-state index in [2.05, 4.69) is 24.4 Å². The number of carbonyl (C=O) groups excluding carboxylic acids is 2. The molecule has 1 heterocycles. The van der Waals surface area contributed by atoms with Gasteiger partial charge in [0.05, 0.1) is 5.75 Å². The zero-order valence-electron chi connectivity index (χ0n) is 17.0. The van der Waals surface area contributed by atoms with Gasteiger partial charge in [0.15, 0.2) is 0 Å². The fraction of sp³-hybridized carbons (Fsp3) is 0.391. The van der Waals surface area contributed by atoms with Crippen molar-refractivity contribution in [3.63, 3.8) is 0 Å². The second kappa shape index (κ2) is 8.39. The zero-order valence-corrected chi connectivity index (χ0v) is 17.8. The number of aryl methyl sites for hydroxylation is 1. The van der Waals surface area contributed by atoms with Crippen molar-refractivity contribution < 1.29 is 9.59 Å². The van der Waals surface area contributed by atoms with Crippen LogP contribution >= 0.6 is 11.8 Å². The number of hydrogen-bond donors (Lipinski definition) is 1. The van der Waals surface area contributed by atoms with Gasteiger partial charge in [-0.3, -0.25) is 14.5 Å². The summed E-state index contributed by atoms with van der Waals surface area (Å²) in [6.45, 7) is 8.26. The fourth-order valence-corrected chi connectivity index (χ4v) is 4.44. The SMILES string of the molecule is CCc1ccc(N2C(=O)CSC2c2ccc(NC(=O)CC(C)(C)C)cc2)cc1. The molecule has 0 aromatic heterocycles. The summed E-state index contributed by atoms with van der Waals surface area (Å²) in [5.41, 5.74) is 3.99. The van der Waals surface area contributed by atoms with E-state index in [0.29, 0.717) is 12.2 Å². The van der Waals surface area contributed by atoms with Gasteiger partial charge >= 0.3 is 0 Å². The molecule has 0 saturated carbocycles. The van der Waals surface area contributed by atoms with E-state index < -0.39 is 0 Å². The number of amides is 2. The molecule has 1 unspecified atom stereocenters. The van der Waals surface area contributed by atoms with E-state index in [1.807, 2.05) is 62.1 Å². The van der Waals surface area contributed by atoms with Crippen LogP contribution in [0.2, 0.25) is 0 Å². The second-order valence-electron chi connectivity index (χ2n) is 8.35. The topological polar surface area (TPSA) is 49.4 Å². The van der Waals surface area contributed by atoms with Gasteiger partial charge in [-0.1, -0.05) is 52.0 Å². The smallest absolute Gasteiger partial charge is 0.238 e. The summed E-state index contributed by atoms with van der Waals surface area (Å²) in [6, 6.07) is 16.0. The fourth-order valence-electron chi connectivity index (χ4n) is 3.26. The standard InChI is InChI=1S/C23H28N2O2S/c1-5-16-6-12-19(13-7-16)25-21(27)15-28-22(25)17-8-10-18(11-9-17)24-20(26)14-23(2,3)4/h6-13,22H,5,14-15H2,1-4H3,(H,24,26). The number of hydrogen-bond acceptors (Lipinski definition) is 3. The minimum atomic E-state index is -0.0430. The molecule has 148 valence electrons. The van der Waals surface area contributed by atoms with Crippen molar-refractivity contribution in [3.05, 3.63) is 59.7 Å². The maximum atomic E-state index is 12.5. The summed E-state index contributed by atoms with van der Waals surface area (Å²) >= 11 is 1.63. The predicted molar refractivity (Wildman–Crippen MR) is 118 cm³/mol. The largest absolute Gasteiger partial charge is 0.326 e. The van der Waals surface area contributed by atoms with Crippen molar-refractivity contribution in [1.82, 2.24) is 0 Å². The Morgan fingerprint density at radius 1 is 1.11 bits per heavy atom. The quantitative estimate of drug-likeness (QED) is 0.736. The average Bonchev–Trinajstić information content (AvgIpc) is 3.02. The van der Waals surface area contributed by atoms with Crippen molar-refractivity contribution in [2.75, 3.05) is 16.0 Å². The highest BCUT2D eigenvalue weighted by molar-refractivity contribution is 8.00. The molecule has 1 atom stereocenters. The first-order valence-electron chi connectivity index (χ1n) is 9.69. The maximum absolute atomic E-state index is 12.5. The van der Waals surface area contributed by atoms with E-state index in [1.165, 1.54) is 5.56 Å². The molecular weight excluding hydrogens is 368 g/mol. The highest BCUT2D eigenvalue weighted by Crippen LogP contribution is 2.42. The number of benzene rings is 2. The summed E-state index contributed by atoms with van der Waals surface area (Å²) in [5, 5.41) is 2.91. The lowest BCUT2D eigenvalue weighted by Crippen LogP contribution is -2.27. The first kappa shape index (κ1) is 20.5.